The van der Waals surface area contributed by atoms with Crippen LogP contribution in [0, 0.1) is 5.82 Å². The molecule has 5 nitrogen and oxygen atoms in total. The van der Waals surface area contributed by atoms with E-state index in [1.807, 2.05) is 0 Å². The highest BCUT2D eigenvalue weighted by atomic mass is 19.1. The monoisotopic (exact) mass is 250 g/mol. The van der Waals surface area contributed by atoms with Crippen LogP contribution in [0.3, 0.4) is 0 Å². The van der Waals surface area contributed by atoms with Crippen LogP contribution in [0.1, 0.15) is 0 Å². The highest BCUT2D eigenvalue weighted by Crippen LogP contribution is 2.08. The molecule has 94 valence electrons. The molecule has 3 rings (SSSR count). The molecule has 0 saturated carbocycles. The lowest BCUT2D eigenvalue weighted by molar-refractivity contribution is 0.178. The number of halogens is 1. The summed E-state index contributed by atoms with van der Waals surface area (Å²) in [6.45, 7) is 1.19. The van der Waals surface area contributed by atoms with E-state index in [0.717, 1.165) is 0 Å². The zero-order valence-corrected chi connectivity index (χ0v) is 9.40. The first-order chi connectivity index (χ1) is 8.66. The Balaban J connectivity index is 0.000000169. The van der Waals surface area contributed by atoms with Crippen LogP contribution in [0.15, 0.2) is 35.1 Å². The Morgan fingerprint density at radius 3 is 2.61 bits per heavy atom. The van der Waals surface area contributed by atoms with E-state index in [1.54, 1.807) is 24.3 Å². The number of amides is 1. The van der Waals surface area contributed by atoms with Crippen LogP contribution >= 0.6 is 0 Å². The van der Waals surface area contributed by atoms with Gasteiger partial charge in [0.15, 0.2) is 5.82 Å². The number of carbonyl (C=O) groups excluding carboxylic acids is 1. The number of benzene rings is 1. The van der Waals surface area contributed by atoms with Gasteiger partial charge in [-0.3, -0.25) is 4.79 Å². The molecule has 1 saturated heterocycles. The summed E-state index contributed by atoms with van der Waals surface area (Å²) in [6, 6.07) is 8.29. The highest BCUT2D eigenvalue weighted by molar-refractivity contribution is 5.77. The lowest BCUT2D eigenvalue weighted by Crippen LogP contribution is -2.11. The van der Waals surface area contributed by atoms with Gasteiger partial charge in [-0.25, -0.2) is 9.18 Å². The lowest BCUT2D eigenvalue weighted by Gasteiger charge is -1.95. The highest BCUT2D eigenvalue weighted by Gasteiger charge is 2.06. The van der Waals surface area contributed by atoms with Gasteiger partial charge in [0, 0.05) is 10.9 Å². The zero-order valence-electron chi connectivity index (χ0n) is 9.40. The Labute approximate surface area is 102 Å². The van der Waals surface area contributed by atoms with Crippen LogP contribution in [-0.2, 0) is 4.74 Å². The average Bonchev–Trinajstić information content (AvgIpc) is 2.83. The van der Waals surface area contributed by atoms with E-state index in [0.29, 0.717) is 24.1 Å². The Kier molecular flexibility index (Phi) is 3.57. The summed E-state index contributed by atoms with van der Waals surface area (Å²) in [6.07, 6.45) is -0.296. The number of hydrogen-bond donors (Lipinski definition) is 2. The van der Waals surface area contributed by atoms with E-state index in [-0.39, 0.29) is 6.09 Å². The zero-order chi connectivity index (χ0) is 13.0. The lowest BCUT2D eigenvalue weighted by atomic mass is 10.2. The minimum absolute atomic E-state index is 0.296. The molecule has 1 aromatic heterocycles. The van der Waals surface area contributed by atoms with Crippen LogP contribution in [0.25, 0.3) is 10.9 Å². The Hall–Kier alpha value is -2.37. The number of hydrogen-bond acceptors (Lipinski definition) is 3. The molecule has 2 aromatic rings. The summed E-state index contributed by atoms with van der Waals surface area (Å²) in [5, 5.41) is 3.16. The predicted molar refractivity (Wildman–Crippen MR) is 63.9 cm³/mol. The van der Waals surface area contributed by atoms with Crippen LogP contribution in [-0.4, -0.2) is 24.2 Å². The minimum Gasteiger partial charge on any atom is -0.448 e. The van der Waals surface area contributed by atoms with Crippen molar-refractivity contribution in [1.29, 1.82) is 0 Å². The number of aromatic amines is 1. The predicted octanol–water partition coefficient (Wildman–Crippen LogP) is 1.39. The summed E-state index contributed by atoms with van der Waals surface area (Å²) >= 11 is 0. The van der Waals surface area contributed by atoms with Crippen LogP contribution in [0.2, 0.25) is 0 Å². The van der Waals surface area contributed by atoms with E-state index >= 15 is 0 Å². The third-order valence-corrected chi connectivity index (χ3v) is 2.31. The summed E-state index contributed by atoms with van der Waals surface area (Å²) in [5.74, 6) is -0.742. The fourth-order valence-electron chi connectivity index (χ4n) is 1.47. The van der Waals surface area contributed by atoms with Gasteiger partial charge in [-0.05, 0) is 12.1 Å². The molecule has 2 heterocycles. The first-order valence-corrected chi connectivity index (χ1v) is 5.35. The first kappa shape index (κ1) is 12.1. The van der Waals surface area contributed by atoms with Crippen LogP contribution in [0.4, 0.5) is 9.18 Å². The van der Waals surface area contributed by atoms with E-state index in [4.69, 9.17) is 0 Å². The molecule has 1 amide bonds. The van der Waals surface area contributed by atoms with Crippen molar-refractivity contribution in [2.24, 2.45) is 0 Å². The molecule has 0 bridgehead atoms. The third-order valence-electron chi connectivity index (χ3n) is 2.31. The van der Waals surface area contributed by atoms with Crippen molar-refractivity contribution in [3.8, 4) is 0 Å². The van der Waals surface area contributed by atoms with Gasteiger partial charge in [-0.15, -0.1) is 0 Å². The second-order valence-electron chi connectivity index (χ2n) is 3.60. The first-order valence-electron chi connectivity index (χ1n) is 5.35. The number of para-hydroxylation sites is 1. The number of fused-ring (bicyclic) bond motifs is 1. The Bertz CT molecular complexity index is 616. The summed E-state index contributed by atoms with van der Waals surface area (Å²) < 4.78 is 17.1. The molecule has 1 aliphatic rings. The normalized spacial score (nSPS) is 13.5. The molecule has 18 heavy (non-hydrogen) atoms. The van der Waals surface area contributed by atoms with Crippen molar-refractivity contribution in [2.75, 3.05) is 13.2 Å². The maximum absolute atomic E-state index is 12.7. The molecule has 0 atom stereocenters. The van der Waals surface area contributed by atoms with Gasteiger partial charge in [0.05, 0.1) is 6.54 Å². The van der Waals surface area contributed by atoms with E-state index < -0.39 is 11.4 Å². The SMILES string of the molecule is O=C1NCCO1.O=c1[nH]c2ccccc2cc1F. The number of cyclic esters (lactones) is 1. The van der Waals surface area contributed by atoms with Crippen molar-refractivity contribution >= 4 is 17.0 Å². The molecule has 6 heteroatoms. The number of rotatable bonds is 0. The number of ether oxygens (including phenoxy) is 1. The van der Waals surface area contributed by atoms with Gasteiger partial charge in [-0.1, -0.05) is 18.2 Å². The van der Waals surface area contributed by atoms with Crippen molar-refractivity contribution < 1.29 is 13.9 Å². The Morgan fingerprint density at radius 2 is 2.00 bits per heavy atom. The van der Waals surface area contributed by atoms with Gasteiger partial charge in [-0.2, -0.15) is 0 Å². The van der Waals surface area contributed by atoms with Crippen molar-refractivity contribution in [3.63, 3.8) is 0 Å². The maximum Gasteiger partial charge on any atom is 0.407 e. The summed E-state index contributed by atoms with van der Waals surface area (Å²) in [7, 11) is 0. The van der Waals surface area contributed by atoms with E-state index in [2.05, 4.69) is 15.0 Å². The molecule has 0 aliphatic carbocycles. The molecule has 0 radical (unpaired) electrons. The molecule has 1 aliphatic heterocycles. The average molecular weight is 250 g/mol. The largest absolute Gasteiger partial charge is 0.448 e. The van der Waals surface area contributed by atoms with Gasteiger partial charge in [0.1, 0.15) is 6.61 Å². The quantitative estimate of drug-likeness (QED) is 0.742. The molecular formula is C12H11FN2O3. The molecule has 2 N–H and O–H groups in total. The Morgan fingerprint density at radius 1 is 1.22 bits per heavy atom. The second kappa shape index (κ2) is 5.31. The van der Waals surface area contributed by atoms with Gasteiger partial charge in [0.2, 0.25) is 0 Å². The molecular weight excluding hydrogens is 239 g/mol. The summed E-state index contributed by atoms with van der Waals surface area (Å²) in [5.41, 5.74) is -0.0161. The number of H-pyrrole nitrogens is 1. The molecule has 1 fully saturated rings. The van der Waals surface area contributed by atoms with Gasteiger partial charge >= 0.3 is 6.09 Å². The van der Waals surface area contributed by atoms with Crippen molar-refractivity contribution in [2.45, 2.75) is 0 Å². The maximum atomic E-state index is 12.7. The smallest absolute Gasteiger partial charge is 0.407 e. The van der Waals surface area contributed by atoms with E-state index in [9.17, 15) is 14.0 Å². The van der Waals surface area contributed by atoms with E-state index in [1.165, 1.54) is 6.07 Å². The number of aromatic nitrogens is 1. The fourth-order valence-corrected chi connectivity index (χ4v) is 1.47. The van der Waals surface area contributed by atoms with Gasteiger partial charge < -0.3 is 15.0 Å². The van der Waals surface area contributed by atoms with Crippen LogP contribution in [0.5, 0.6) is 0 Å². The third kappa shape index (κ3) is 2.85. The topological polar surface area (TPSA) is 71.2 Å². The molecule has 0 spiro atoms. The van der Waals surface area contributed by atoms with Crippen molar-refractivity contribution in [3.05, 3.63) is 46.5 Å². The fraction of sp³-hybridized carbons (Fsp3) is 0.167. The second-order valence-corrected chi connectivity index (χ2v) is 3.60. The number of carbonyl (C=O) groups is 1. The number of pyridine rings is 1. The summed E-state index contributed by atoms with van der Waals surface area (Å²) in [4.78, 5) is 23.1. The molecule has 1 aromatic carbocycles. The van der Waals surface area contributed by atoms with Gasteiger partial charge in [0.25, 0.3) is 5.56 Å². The number of alkyl carbamates (subject to hydrolysis) is 1. The standard InChI is InChI=1S/C9H6FNO.C3H5NO2/c10-7-5-6-3-1-2-4-8(6)11-9(7)12;5-3-4-1-2-6-3/h1-5H,(H,11,12);1-2H2,(H,4,5). The van der Waals surface area contributed by atoms with Crippen molar-refractivity contribution in [1.82, 2.24) is 10.3 Å². The number of nitrogens with one attached hydrogen (secondary N) is 2. The minimum atomic E-state index is -0.742. The molecule has 0 unspecified atom stereocenters. The van der Waals surface area contributed by atoms with Crippen LogP contribution < -0.4 is 10.9 Å².